The number of nitrogens with one attached hydrogen (secondary N) is 2. The molecular formula is C12H22N6. The van der Waals surface area contributed by atoms with Crippen LogP contribution in [0.25, 0.3) is 0 Å². The van der Waals surface area contributed by atoms with Gasteiger partial charge in [-0.1, -0.05) is 12.8 Å². The lowest BCUT2D eigenvalue weighted by Crippen LogP contribution is -2.45. The van der Waals surface area contributed by atoms with Crippen molar-refractivity contribution >= 4 is 5.96 Å². The SMILES string of the molecule is Cc1cnn(CCN=C(NN)NC2CCCC2)c1. The van der Waals surface area contributed by atoms with E-state index in [1.165, 1.54) is 31.2 Å². The summed E-state index contributed by atoms with van der Waals surface area (Å²) in [6.45, 7) is 3.47. The van der Waals surface area contributed by atoms with Crippen LogP contribution >= 0.6 is 0 Å². The molecule has 0 aromatic carbocycles. The van der Waals surface area contributed by atoms with E-state index in [4.69, 9.17) is 5.84 Å². The number of nitrogens with two attached hydrogens (primary N) is 1. The highest BCUT2D eigenvalue weighted by Gasteiger charge is 2.15. The second kappa shape index (κ2) is 6.39. The van der Waals surface area contributed by atoms with E-state index in [2.05, 4.69) is 20.8 Å². The summed E-state index contributed by atoms with van der Waals surface area (Å²) in [4.78, 5) is 4.42. The van der Waals surface area contributed by atoms with Gasteiger partial charge in [0.05, 0.1) is 19.3 Å². The number of hydrazine groups is 1. The molecule has 6 heteroatoms. The molecule has 4 N–H and O–H groups in total. The molecule has 0 amide bonds. The normalized spacial score (nSPS) is 17.1. The van der Waals surface area contributed by atoms with Gasteiger partial charge in [0.25, 0.3) is 0 Å². The summed E-state index contributed by atoms with van der Waals surface area (Å²) in [7, 11) is 0. The van der Waals surface area contributed by atoms with E-state index < -0.39 is 0 Å². The quantitative estimate of drug-likeness (QED) is 0.315. The van der Waals surface area contributed by atoms with Gasteiger partial charge in [-0.3, -0.25) is 15.1 Å². The van der Waals surface area contributed by atoms with E-state index in [1.807, 2.05) is 24.0 Å². The Balaban J connectivity index is 1.78. The third kappa shape index (κ3) is 3.73. The van der Waals surface area contributed by atoms with Crippen LogP contribution < -0.4 is 16.6 Å². The Morgan fingerprint density at radius 1 is 1.56 bits per heavy atom. The molecule has 100 valence electrons. The first-order valence-electron chi connectivity index (χ1n) is 6.54. The Labute approximate surface area is 108 Å². The first-order chi connectivity index (χ1) is 8.78. The Morgan fingerprint density at radius 3 is 2.94 bits per heavy atom. The van der Waals surface area contributed by atoms with Crippen LogP contribution in [0.1, 0.15) is 31.2 Å². The smallest absolute Gasteiger partial charge is 0.206 e. The lowest BCUT2D eigenvalue weighted by molar-refractivity contribution is 0.600. The summed E-state index contributed by atoms with van der Waals surface area (Å²) in [5, 5.41) is 7.56. The molecular weight excluding hydrogens is 228 g/mol. The van der Waals surface area contributed by atoms with Crippen LogP contribution in [0.2, 0.25) is 0 Å². The van der Waals surface area contributed by atoms with E-state index in [0.29, 0.717) is 18.5 Å². The van der Waals surface area contributed by atoms with Gasteiger partial charge in [0.1, 0.15) is 0 Å². The van der Waals surface area contributed by atoms with Crippen molar-refractivity contribution in [3.05, 3.63) is 18.0 Å². The van der Waals surface area contributed by atoms with Gasteiger partial charge < -0.3 is 5.32 Å². The molecule has 1 aromatic heterocycles. The minimum atomic E-state index is 0.520. The highest BCUT2D eigenvalue weighted by atomic mass is 15.3. The molecule has 0 unspecified atom stereocenters. The molecule has 1 heterocycles. The molecule has 6 nitrogen and oxygen atoms in total. The number of hydrogen-bond acceptors (Lipinski definition) is 3. The summed E-state index contributed by atoms with van der Waals surface area (Å²) in [6.07, 6.45) is 8.86. The molecule has 0 aliphatic heterocycles. The number of aromatic nitrogens is 2. The van der Waals surface area contributed by atoms with Crippen LogP contribution in [-0.4, -0.2) is 28.3 Å². The maximum Gasteiger partial charge on any atom is 0.206 e. The molecule has 2 rings (SSSR count). The number of rotatable bonds is 4. The van der Waals surface area contributed by atoms with Crippen LogP contribution in [0.4, 0.5) is 0 Å². The first kappa shape index (κ1) is 12.9. The highest BCUT2D eigenvalue weighted by molar-refractivity contribution is 5.79. The second-order valence-corrected chi connectivity index (χ2v) is 4.78. The lowest BCUT2D eigenvalue weighted by Gasteiger charge is -2.14. The Hall–Kier alpha value is -1.56. The van der Waals surface area contributed by atoms with E-state index in [9.17, 15) is 0 Å². The monoisotopic (exact) mass is 250 g/mol. The van der Waals surface area contributed by atoms with E-state index >= 15 is 0 Å². The van der Waals surface area contributed by atoms with E-state index in [0.717, 1.165) is 6.54 Å². The van der Waals surface area contributed by atoms with Crippen LogP contribution in [0.5, 0.6) is 0 Å². The molecule has 1 saturated carbocycles. The van der Waals surface area contributed by atoms with Crippen LogP contribution in [0.3, 0.4) is 0 Å². The number of aryl methyl sites for hydroxylation is 1. The average Bonchev–Trinajstić information content (AvgIpc) is 3.00. The minimum absolute atomic E-state index is 0.520. The summed E-state index contributed by atoms with van der Waals surface area (Å²) in [6, 6.07) is 0.520. The predicted octanol–water partition coefficient (Wildman–Crippen LogP) is 0.543. The van der Waals surface area contributed by atoms with Crippen LogP contribution in [0.15, 0.2) is 17.4 Å². The minimum Gasteiger partial charge on any atom is -0.353 e. The molecule has 0 spiro atoms. The fourth-order valence-corrected chi connectivity index (χ4v) is 2.25. The topological polar surface area (TPSA) is 80.3 Å². The zero-order chi connectivity index (χ0) is 12.8. The van der Waals surface area contributed by atoms with Crippen molar-refractivity contribution < 1.29 is 0 Å². The molecule has 1 aliphatic carbocycles. The van der Waals surface area contributed by atoms with E-state index in [-0.39, 0.29) is 0 Å². The van der Waals surface area contributed by atoms with Gasteiger partial charge in [0.15, 0.2) is 0 Å². The molecule has 1 aromatic rings. The first-order valence-corrected chi connectivity index (χ1v) is 6.54. The number of aliphatic imine (C=N–C) groups is 1. The van der Waals surface area contributed by atoms with Crippen molar-refractivity contribution in [1.82, 2.24) is 20.5 Å². The van der Waals surface area contributed by atoms with Crippen molar-refractivity contribution in [2.24, 2.45) is 10.8 Å². The van der Waals surface area contributed by atoms with Crippen molar-refractivity contribution in [2.45, 2.75) is 45.2 Å². The lowest BCUT2D eigenvalue weighted by atomic mass is 10.2. The second-order valence-electron chi connectivity index (χ2n) is 4.78. The molecule has 0 saturated heterocycles. The summed E-state index contributed by atoms with van der Waals surface area (Å²) >= 11 is 0. The maximum absolute atomic E-state index is 5.47. The number of nitrogens with zero attached hydrogens (tertiary/aromatic N) is 3. The van der Waals surface area contributed by atoms with Crippen molar-refractivity contribution in [3.8, 4) is 0 Å². The number of hydrogen-bond donors (Lipinski definition) is 3. The molecule has 1 fully saturated rings. The zero-order valence-corrected chi connectivity index (χ0v) is 10.9. The summed E-state index contributed by atoms with van der Waals surface area (Å²) < 4.78 is 1.89. The molecule has 0 atom stereocenters. The third-order valence-electron chi connectivity index (χ3n) is 3.19. The summed E-state index contributed by atoms with van der Waals surface area (Å²) in [5.41, 5.74) is 3.80. The van der Waals surface area contributed by atoms with Gasteiger partial charge >= 0.3 is 0 Å². The van der Waals surface area contributed by atoms with Gasteiger partial charge in [-0.05, 0) is 25.3 Å². The van der Waals surface area contributed by atoms with Crippen molar-refractivity contribution in [2.75, 3.05) is 6.54 Å². The van der Waals surface area contributed by atoms with Gasteiger partial charge in [0.2, 0.25) is 5.96 Å². The average molecular weight is 250 g/mol. The van der Waals surface area contributed by atoms with Crippen molar-refractivity contribution in [3.63, 3.8) is 0 Å². The fourth-order valence-electron chi connectivity index (χ4n) is 2.25. The summed E-state index contributed by atoms with van der Waals surface area (Å²) in [5.74, 6) is 6.15. The largest absolute Gasteiger partial charge is 0.353 e. The number of guanidine groups is 1. The van der Waals surface area contributed by atoms with Gasteiger partial charge in [-0.2, -0.15) is 5.10 Å². The van der Waals surface area contributed by atoms with Crippen molar-refractivity contribution in [1.29, 1.82) is 0 Å². The zero-order valence-electron chi connectivity index (χ0n) is 10.9. The standard InChI is InChI=1S/C12H22N6/c1-10-8-15-18(9-10)7-6-14-12(17-13)16-11-4-2-3-5-11/h8-9,11H,2-7,13H2,1H3,(H2,14,16,17). The molecule has 0 radical (unpaired) electrons. The van der Waals surface area contributed by atoms with Crippen LogP contribution in [-0.2, 0) is 6.54 Å². The Bertz CT molecular complexity index is 391. The molecule has 0 bridgehead atoms. The third-order valence-corrected chi connectivity index (χ3v) is 3.19. The van der Waals surface area contributed by atoms with E-state index in [1.54, 1.807) is 0 Å². The predicted molar refractivity (Wildman–Crippen MR) is 72.0 cm³/mol. The molecule has 1 aliphatic rings. The highest BCUT2D eigenvalue weighted by Crippen LogP contribution is 2.17. The van der Waals surface area contributed by atoms with Gasteiger partial charge in [-0.15, -0.1) is 0 Å². The maximum atomic E-state index is 5.47. The Kier molecular flexibility index (Phi) is 4.58. The van der Waals surface area contributed by atoms with Crippen LogP contribution in [0, 0.1) is 6.92 Å². The van der Waals surface area contributed by atoms with Gasteiger partial charge in [-0.25, -0.2) is 5.84 Å². The Morgan fingerprint density at radius 2 is 2.33 bits per heavy atom. The fraction of sp³-hybridized carbons (Fsp3) is 0.667. The molecule has 18 heavy (non-hydrogen) atoms. The van der Waals surface area contributed by atoms with Gasteiger partial charge in [0, 0.05) is 12.2 Å².